The van der Waals surface area contributed by atoms with Crippen LogP contribution in [0.1, 0.15) is 35.7 Å². The zero-order valence-corrected chi connectivity index (χ0v) is 15.7. The van der Waals surface area contributed by atoms with Gasteiger partial charge in [-0.3, -0.25) is 14.5 Å². The van der Waals surface area contributed by atoms with Crippen LogP contribution in [0.15, 0.2) is 60.7 Å². The van der Waals surface area contributed by atoms with Gasteiger partial charge in [-0.25, -0.2) is 0 Å². The summed E-state index contributed by atoms with van der Waals surface area (Å²) in [5, 5.41) is 6.11. The van der Waals surface area contributed by atoms with Crippen LogP contribution >= 0.6 is 0 Å². The number of carbonyl (C=O) groups is 2. The van der Waals surface area contributed by atoms with Crippen LogP contribution in [0.3, 0.4) is 0 Å². The van der Waals surface area contributed by atoms with Gasteiger partial charge in [-0.05, 0) is 37.5 Å². The normalized spacial score (nSPS) is 16.5. The maximum absolute atomic E-state index is 12.4. The summed E-state index contributed by atoms with van der Waals surface area (Å²) in [6.45, 7) is 4.11. The van der Waals surface area contributed by atoms with Gasteiger partial charge in [0.1, 0.15) is 0 Å². The molecule has 1 atom stereocenters. The molecule has 0 radical (unpaired) electrons. The van der Waals surface area contributed by atoms with Gasteiger partial charge in [0, 0.05) is 31.2 Å². The van der Waals surface area contributed by atoms with E-state index in [-0.39, 0.29) is 23.9 Å². The van der Waals surface area contributed by atoms with Gasteiger partial charge >= 0.3 is 0 Å². The van der Waals surface area contributed by atoms with Gasteiger partial charge < -0.3 is 10.6 Å². The largest absolute Gasteiger partial charge is 0.351 e. The van der Waals surface area contributed by atoms with E-state index in [1.54, 1.807) is 0 Å². The van der Waals surface area contributed by atoms with Crippen LogP contribution in [0.4, 0.5) is 0 Å². The van der Waals surface area contributed by atoms with Crippen molar-refractivity contribution in [3.8, 4) is 0 Å². The third-order valence-corrected chi connectivity index (χ3v) is 5.14. The van der Waals surface area contributed by atoms with Crippen LogP contribution in [0.2, 0.25) is 0 Å². The molecule has 27 heavy (non-hydrogen) atoms. The summed E-state index contributed by atoms with van der Waals surface area (Å²) in [6.07, 6.45) is 1.71. The molecular weight excluding hydrogens is 338 g/mol. The topological polar surface area (TPSA) is 61.4 Å². The summed E-state index contributed by atoms with van der Waals surface area (Å²) in [5.41, 5.74) is 1.79. The summed E-state index contributed by atoms with van der Waals surface area (Å²) in [7, 11) is 0. The first-order valence-electron chi connectivity index (χ1n) is 9.55. The Morgan fingerprint density at radius 3 is 2.22 bits per heavy atom. The molecule has 0 bridgehead atoms. The lowest BCUT2D eigenvalue weighted by atomic mass is 10.0. The Kier molecular flexibility index (Phi) is 6.60. The summed E-state index contributed by atoms with van der Waals surface area (Å²) in [5.74, 6) is 0.0216. The van der Waals surface area contributed by atoms with Crippen LogP contribution in [-0.4, -0.2) is 41.9 Å². The van der Waals surface area contributed by atoms with E-state index in [0.29, 0.717) is 12.1 Å². The van der Waals surface area contributed by atoms with Crippen LogP contribution in [0.25, 0.3) is 0 Å². The van der Waals surface area contributed by atoms with Gasteiger partial charge in [0.15, 0.2) is 0 Å². The van der Waals surface area contributed by atoms with Gasteiger partial charge in [0.05, 0.1) is 6.04 Å². The zero-order chi connectivity index (χ0) is 19.1. The minimum atomic E-state index is -0.167. The first kappa shape index (κ1) is 19.1. The lowest BCUT2D eigenvalue weighted by Crippen LogP contribution is -2.51. The maximum Gasteiger partial charge on any atom is 0.251 e. The quantitative estimate of drug-likeness (QED) is 0.827. The lowest BCUT2D eigenvalue weighted by molar-refractivity contribution is -0.126. The summed E-state index contributed by atoms with van der Waals surface area (Å²) >= 11 is 0. The molecular formula is C22H27N3O2. The maximum atomic E-state index is 12.4. The molecule has 1 heterocycles. The van der Waals surface area contributed by atoms with Crippen LogP contribution < -0.4 is 10.6 Å². The molecule has 0 aliphatic carbocycles. The van der Waals surface area contributed by atoms with E-state index in [2.05, 4.69) is 15.5 Å². The fraction of sp³-hybridized carbons (Fsp3) is 0.364. The number of carbonyl (C=O) groups excluding carboxylic acids is 2. The van der Waals surface area contributed by atoms with Crippen molar-refractivity contribution in [1.29, 1.82) is 0 Å². The summed E-state index contributed by atoms with van der Waals surface area (Å²) < 4.78 is 0. The van der Waals surface area contributed by atoms with Gasteiger partial charge in [-0.1, -0.05) is 48.5 Å². The number of nitrogens with zero attached hydrogens (tertiary/aromatic N) is 1. The number of piperidine rings is 1. The Morgan fingerprint density at radius 2 is 1.59 bits per heavy atom. The predicted molar refractivity (Wildman–Crippen MR) is 106 cm³/mol. The fourth-order valence-corrected chi connectivity index (χ4v) is 3.39. The van der Waals surface area contributed by atoms with Gasteiger partial charge in [-0.15, -0.1) is 0 Å². The van der Waals surface area contributed by atoms with E-state index in [0.717, 1.165) is 31.5 Å². The van der Waals surface area contributed by atoms with E-state index in [9.17, 15) is 9.59 Å². The third-order valence-electron chi connectivity index (χ3n) is 5.14. The summed E-state index contributed by atoms with van der Waals surface area (Å²) in [4.78, 5) is 26.9. The number of nitrogens with one attached hydrogen (secondary N) is 2. The van der Waals surface area contributed by atoms with Gasteiger partial charge in [0.2, 0.25) is 5.91 Å². The van der Waals surface area contributed by atoms with E-state index in [4.69, 9.17) is 0 Å². The van der Waals surface area contributed by atoms with Crippen LogP contribution in [0.5, 0.6) is 0 Å². The third kappa shape index (κ3) is 5.41. The average molecular weight is 365 g/mol. The van der Waals surface area contributed by atoms with Gasteiger partial charge in [0.25, 0.3) is 5.91 Å². The number of amides is 2. The van der Waals surface area contributed by atoms with E-state index in [1.807, 2.05) is 67.6 Å². The van der Waals surface area contributed by atoms with E-state index < -0.39 is 0 Å². The molecule has 1 aliphatic rings. The van der Waals surface area contributed by atoms with Crippen molar-refractivity contribution in [3.05, 3.63) is 71.8 Å². The minimum absolute atomic E-state index is 0.0253. The highest BCUT2D eigenvalue weighted by atomic mass is 16.2. The molecule has 2 aromatic carbocycles. The molecule has 0 aromatic heterocycles. The second kappa shape index (κ2) is 9.33. The van der Waals surface area contributed by atoms with Crippen molar-refractivity contribution in [1.82, 2.24) is 15.5 Å². The summed E-state index contributed by atoms with van der Waals surface area (Å²) in [6, 6.07) is 19.2. The Balaban J connectivity index is 1.42. The zero-order valence-electron chi connectivity index (χ0n) is 15.7. The Bertz CT molecular complexity index is 741. The van der Waals surface area contributed by atoms with Crippen LogP contribution in [-0.2, 0) is 11.3 Å². The second-order valence-corrected chi connectivity index (χ2v) is 7.03. The Labute approximate surface area is 160 Å². The molecule has 1 unspecified atom stereocenters. The van der Waals surface area contributed by atoms with Crippen molar-refractivity contribution >= 4 is 11.8 Å². The first-order chi connectivity index (χ1) is 13.1. The van der Waals surface area contributed by atoms with Gasteiger partial charge in [-0.2, -0.15) is 0 Å². The molecule has 2 N–H and O–H groups in total. The van der Waals surface area contributed by atoms with Crippen LogP contribution in [0, 0.1) is 0 Å². The molecule has 1 fully saturated rings. The van der Waals surface area contributed by atoms with Crippen molar-refractivity contribution in [2.75, 3.05) is 13.1 Å². The molecule has 142 valence electrons. The lowest BCUT2D eigenvalue weighted by Gasteiger charge is -2.35. The smallest absolute Gasteiger partial charge is 0.251 e. The molecule has 2 aromatic rings. The van der Waals surface area contributed by atoms with Crippen molar-refractivity contribution in [2.24, 2.45) is 0 Å². The number of hydrogen-bond acceptors (Lipinski definition) is 3. The number of rotatable bonds is 6. The molecule has 3 rings (SSSR count). The standard InChI is InChI=1S/C22H27N3O2/c1-17(21(26)23-16-18-8-4-2-5-9-18)25-14-12-20(13-15-25)24-22(27)19-10-6-3-7-11-19/h2-11,17,20H,12-16H2,1H3,(H,23,26)(H,24,27). The van der Waals surface area contributed by atoms with Crippen molar-refractivity contribution in [2.45, 2.75) is 38.4 Å². The average Bonchev–Trinajstić information content (AvgIpc) is 2.73. The molecule has 0 saturated carbocycles. The highest BCUT2D eigenvalue weighted by Gasteiger charge is 2.27. The van der Waals surface area contributed by atoms with Crippen molar-refractivity contribution in [3.63, 3.8) is 0 Å². The SMILES string of the molecule is CC(C(=O)NCc1ccccc1)N1CCC(NC(=O)c2ccccc2)CC1. The van der Waals surface area contributed by atoms with E-state index >= 15 is 0 Å². The second-order valence-electron chi connectivity index (χ2n) is 7.03. The molecule has 1 saturated heterocycles. The molecule has 1 aliphatic heterocycles. The highest BCUT2D eigenvalue weighted by molar-refractivity contribution is 5.94. The van der Waals surface area contributed by atoms with Crippen molar-refractivity contribution < 1.29 is 9.59 Å². The Hall–Kier alpha value is -2.66. The van der Waals surface area contributed by atoms with E-state index in [1.165, 1.54) is 0 Å². The number of hydrogen-bond donors (Lipinski definition) is 2. The molecule has 2 amide bonds. The molecule has 5 heteroatoms. The minimum Gasteiger partial charge on any atom is -0.351 e. The molecule has 5 nitrogen and oxygen atoms in total. The highest BCUT2D eigenvalue weighted by Crippen LogP contribution is 2.14. The monoisotopic (exact) mass is 365 g/mol. The first-order valence-corrected chi connectivity index (χ1v) is 9.55. The number of benzene rings is 2. The molecule has 0 spiro atoms. The Morgan fingerprint density at radius 1 is 1.00 bits per heavy atom. The fourth-order valence-electron chi connectivity index (χ4n) is 3.39. The number of likely N-dealkylation sites (tertiary alicyclic amines) is 1. The predicted octanol–water partition coefficient (Wildman–Crippen LogP) is 2.59.